The first kappa shape index (κ1) is 16.9. The first-order chi connectivity index (χ1) is 12.7. The summed E-state index contributed by atoms with van der Waals surface area (Å²) < 4.78 is 0. The molecule has 1 amide bonds. The molecule has 4 rings (SSSR count). The molecule has 3 heterocycles. The van der Waals surface area contributed by atoms with Gasteiger partial charge in [0.1, 0.15) is 0 Å². The van der Waals surface area contributed by atoms with Gasteiger partial charge >= 0.3 is 0 Å². The first-order valence-electron chi connectivity index (χ1n) is 8.74. The van der Waals surface area contributed by atoms with E-state index in [0.29, 0.717) is 10.9 Å². The van der Waals surface area contributed by atoms with E-state index in [-0.39, 0.29) is 23.3 Å². The Kier molecular flexibility index (Phi) is 4.81. The van der Waals surface area contributed by atoms with Crippen LogP contribution in [0.2, 0.25) is 0 Å². The Morgan fingerprint density at radius 1 is 1.31 bits per heavy atom. The van der Waals surface area contributed by atoms with Crippen molar-refractivity contribution in [3.8, 4) is 0 Å². The molecule has 0 bridgehead atoms. The van der Waals surface area contributed by atoms with Crippen molar-refractivity contribution in [2.45, 2.75) is 25.4 Å². The molecule has 26 heavy (non-hydrogen) atoms. The molecule has 3 aromatic rings. The fraction of sp³-hybridized carbons (Fsp3) is 0.316. The molecule has 1 fully saturated rings. The molecule has 1 atom stereocenters. The number of hydrogen-bond donors (Lipinski definition) is 2. The Bertz CT molecular complexity index is 967. The van der Waals surface area contributed by atoms with Gasteiger partial charge in [-0.2, -0.15) is 0 Å². The standard InChI is InChI=1S/C19H20N4O2S/c24-18-15-7-1-2-8-16(15)21-17(22-18)19(25)20-13-5-3-9-23(11-13)12-14-6-4-10-26-14/h1-2,4,6-8,10,13H,3,5,9,11-12H2,(H,20,25)(H,21,22,24)/t13-/m1/s1. The van der Waals surface area contributed by atoms with E-state index >= 15 is 0 Å². The number of aromatic nitrogens is 2. The molecule has 0 radical (unpaired) electrons. The molecular weight excluding hydrogens is 348 g/mol. The largest absolute Gasteiger partial charge is 0.345 e. The molecule has 1 aliphatic rings. The van der Waals surface area contributed by atoms with Gasteiger partial charge in [0, 0.05) is 24.0 Å². The zero-order chi connectivity index (χ0) is 17.9. The van der Waals surface area contributed by atoms with Gasteiger partial charge in [-0.1, -0.05) is 18.2 Å². The number of para-hydroxylation sites is 1. The van der Waals surface area contributed by atoms with Gasteiger partial charge in [-0.25, -0.2) is 4.98 Å². The number of hydrogen-bond acceptors (Lipinski definition) is 5. The SMILES string of the molecule is O=C(N[C@@H]1CCCN(Cc2cccs2)C1)c1nc2ccccc2c(=O)[nH]1. The Hall–Kier alpha value is -2.51. The zero-order valence-electron chi connectivity index (χ0n) is 14.3. The first-order valence-corrected chi connectivity index (χ1v) is 9.62. The van der Waals surface area contributed by atoms with Crippen molar-refractivity contribution in [2.75, 3.05) is 13.1 Å². The molecule has 0 aliphatic carbocycles. The van der Waals surface area contributed by atoms with Crippen LogP contribution >= 0.6 is 11.3 Å². The minimum atomic E-state index is -0.323. The normalized spacial score (nSPS) is 18.1. The molecular formula is C19H20N4O2S. The number of rotatable bonds is 4. The monoisotopic (exact) mass is 368 g/mol. The number of piperidine rings is 1. The van der Waals surface area contributed by atoms with Crippen molar-refractivity contribution in [1.82, 2.24) is 20.2 Å². The molecule has 1 aromatic carbocycles. The lowest BCUT2D eigenvalue weighted by atomic mass is 10.1. The van der Waals surface area contributed by atoms with Crippen LogP contribution < -0.4 is 10.9 Å². The third-order valence-corrected chi connectivity index (χ3v) is 5.49. The predicted octanol–water partition coefficient (Wildman–Crippen LogP) is 2.38. The number of H-pyrrole nitrogens is 1. The average Bonchev–Trinajstić information content (AvgIpc) is 3.15. The maximum Gasteiger partial charge on any atom is 0.287 e. The van der Waals surface area contributed by atoms with E-state index in [1.54, 1.807) is 35.6 Å². The van der Waals surface area contributed by atoms with Gasteiger partial charge in [-0.3, -0.25) is 14.5 Å². The predicted molar refractivity (Wildman–Crippen MR) is 102 cm³/mol. The van der Waals surface area contributed by atoms with Crippen molar-refractivity contribution in [1.29, 1.82) is 0 Å². The quantitative estimate of drug-likeness (QED) is 0.741. The number of aromatic amines is 1. The van der Waals surface area contributed by atoms with Crippen LogP contribution in [0.15, 0.2) is 46.6 Å². The number of fused-ring (bicyclic) bond motifs is 1. The molecule has 0 unspecified atom stereocenters. The number of amides is 1. The summed E-state index contributed by atoms with van der Waals surface area (Å²) in [6.07, 6.45) is 1.97. The summed E-state index contributed by atoms with van der Waals surface area (Å²) in [5.74, 6) is -0.250. The van der Waals surface area contributed by atoms with Crippen LogP contribution in [0.4, 0.5) is 0 Å². The highest BCUT2D eigenvalue weighted by atomic mass is 32.1. The van der Waals surface area contributed by atoms with Crippen molar-refractivity contribution in [2.24, 2.45) is 0 Å². The van der Waals surface area contributed by atoms with E-state index in [1.165, 1.54) is 4.88 Å². The van der Waals surface area contributed by atoms with Crippen LogP contribution in [0.25, 0.3) is 10.9 Å². The van der Waals surface area contributed by atoms with Gasteiger partial charge < -0.3 is 10.3 Å². The second kappa shape index (κ2) is 7.39. The molecule has 1 aliphatic heterocycles. The maximum atomic E-state index is 12.6. The summed E-state index contributed by atoms with van der Waals surface area (Å²) in [5.41, 5.74) is 0.244. The third-order valence-electron chi connectivity index (χ3n) is 4.63. The topological polar surface area (TPSA) is 78.1 Å². The van der Waals surface area contributed by atoms with E-state index in [2.05, 4.69) is 37.7 Å². The van der Waals surface area contributed by atoms with Gasteiger partial charge in [0.25, 0.3) is 11.5 Å². The fourth-order valence-electron chi connectivity index (χ4n) is 3.39. The summed E-state index contributed by atoms with van der Waals surface area (Å²) in [6.45, 7) is 2.76. The van der Waals surface area contributed by atoms with Gasteiger partial charge in [0.05, 0.1) is 10.9 Å². The Labute approximate surface area is 154 Å². The van der Waals surface area contributed by atoms with Gasteiger partial charge in [0.15, 0.2) is 5.82 Å². The van der Waals surface area contributed by atoms with Crippen molar-refractivity contribution < 1.29 is 4.79 Å². The van der Waals surface area contributed by atoms with Gasteiger partial charge in [-0.05, 0) is 43.0 Å². The van der Waals surface area contributed by atoms with Crippen LogP contribution in [0.1, 0.15) is 28.3 Å². The third kappa shape index (κ3) is 3.68. The van der Waals surface area contributed by atoms with Crippen LogP contribution in [0, 0.1) is 0 Å². The van der Waals surface area contributed by atoms with E-state index in [4.69, 9.17) is 0 Å². The molecule has 134 valence electrons. The van der Waals surface area contributed by atoms with Crippen molar-refractivity contribution in [3.63, 3.8) is 0 Å². The van der Waals surface area contributed by atoms with Crippen molar-refractivity contribution >= 4 is 28.1 Å². The number of nitrogens with one attached hydrogen (secondary N) is 2. The van der Waals surface area contributed by atoms with Gasteiger partial charge in [-0.15, -0.1) is 11.3 Å². The smallest absolute Gasteiger partial charge is 0.287 e. The number of benzene rings is 1. The number of thiophene rings is 1. The lowest BCUT2D eigenvalue weighted by molar-refractivity contribution is 0.0891. The highest BCUT2D eigenvalue weighted by Crippen LogP contribution is 2.17. The lowest BCUT2D eigenvalue weighted by Crippen LogP contribution is -2.47. The highest BCUT2D eigenvalue weighted by Gasteiger charge is 2.23. The highest BCUT2D eigenvalue weighted by molar-refractivity contribution is 7.09. The average molecular weight is 368 g/mol. The minimum absolute atomic E-state index is 0.0629. The molecule has 2 N–H and O–H groups in total. The summed E-state index contributed by atoms with van der Waals surface area (Å²) in [7, 11) is 0. The van der Waals surface area contributed by atoms with E-state index in [1.807, 2.05) is 0 Å². The summed E-state index contributed by atoms with van der Waals surface area (Å²) in [4.78, 5) is 35.3. The van der Waals surface area contributed by atoms with Crippen LogP contribution in [-0.2, 0) is 6.54 Å². The minimum Gasteiger partial charge on any atom is -0.345 e. The number of nitrogens with zero attached hydrogens (tertiary/aromatic N) is 2. The lowest BCUT2D eigenvalue weighted by Gasteiger charge is -2.32. The fourth-order valence-corrected chi connectivity index (χ4v) is 4.13. The molecule has 2 aromatic heterocycles. The zero-order valence-corrected chi connectivity index (χ0v) is 15.1. The molecule has 6 nitrogen and oxygen atoms in total. The van der Waals surface area contributed by atoms with Crippen molar-refractivity contribution in [3.05, 3.63) is 62.8 Å². The van der Waals surface area contributed by atoms with E-state index < -0.39 is 0 Å². The number of carbonyl (C=O) groups excluding carboxylic acids is 1. The second-order valence-corrected chi connectivity index (χ2v) is 7.59. The van der Waals surface area contributed by atoms with Crippen LogP contribution in [-0.4, -0.2) is 39.9 Å². The van der Waals surface area contributed by atoms with E-state index in [9.17, 15) is 9.59 Å². The molecule has 1 saturated heterocycles. The summed E-state index contributed by atoms with van der Waals surface area (Å²) in [6, 6.07) is 11.3. The number of likely N-dealkylation sites (tertiary alicyclic amines) is 1. The Balaban J connectivity index is 1.45. The Morgan fingerprint density at radius 2 is 2.19 bits per heavy atom. The van der Waals surface area contributed by atoms with Crippen LogP contribution in [0.3, 0.4) is 0 Å². The molecule has 7 heteroatoms. The number of carbonyl (C=O) groups is 1. The Morgan fingerprint density at radius 3 is 3.04 bits per heavy atom. The summed E-state index contributed by atoms with van der Waals surface area (Å²) in [5, 5.41) is 5.60. The maximum absolute atomic E-state index is 12.6. The molecule has 0 spiro atoms. The molecule has 0 saturated carbocycles. The second-order valence-electron chi connectivity index (χ2n) is 6.56. The van der Waals surface area contributed by atoms with E-state index in [0.717, 1.165) is 32.5 Å². The summed E-state index contributed by atoms with van der Waals surface area (Å²) >= 11 is 1.75. The van der Waals surface area contributed by atoms with Crippen LogP contribution in [0.5, 0.6) is 0 Å². The van der Waals surface area contributed by atoms with Gasteiger partial charge in [0.2, 0.25) is 0 Å².